The Hall–Kier alpha value is -4.01. The second kappa shape index (κ2) is 11.2. The second-order valence-electron chi connectivity index (χ2n) is 8.50. The third kappa shape index (κ3) is 6.27. The lowest BCUT2D eigenvalue weighted by Crippen LogP contribution is -2.19. The molecule has 0 bridgehead atoms. The number of benzene rings is 4. The van der Waals surface area contributed by atoms with E-state index in [4.69, 9.17) is 4.74 Å². The first-order chi connectivity index (χ1) is 18.1. The monoisotopic (exact) mass is 534 g/mol. The van der Waals surface area contributed by atoms with Gasteiger partial charge in [-0.1, -0.05) is 43.0 Å². The molecule has 0 aromatic heterocycles. The Morgan fingerprint density at radius 2 is 1.50 bits per heavy atom. The van der Waals surface area contributed by atoms with Crippen LogP contribution in [-0.4, -0.2) is 19.4 Å². The normalized spacial score (nSPS) is 11.6. The summed E-state index contributed by atoms with van der Waals surface area (Å²) in [5.74, 6) is -3.65. The molecule has 0 unspecified atom stereocenters. The number of alkyl halides is 3. The highest BCUT2D eigenvalue weighted by molar-refractivity contribution is 5.88. The van der Waals surface area contributed by atoms with Crippen LogP contribution in [0.3, 0.4) is 0 Å². The summed E-state index contributed by atoms with van der Waals surface area (Å²) >= 11 is 0. The first-order valence-electron chi connectivity index (χ1n) is 11.5. The summed E-state index contributed by atoms with van der Waals surface area (Å²) in [6.07, 6.45) is -2.75. The number of hydrogen-bond donors (Lipinski definition) is 0. The molecule has 4 rings (SSSR count). The molecule has 0 aliphatic heterocycles. The fourth-order valence-electron chi connectivity index (χ4n) is 4.01. The quantitative estimate of drug-likeness (QED) is 0.159. The molecular formula is C29H21F7O2. The van der Waals surface area contributed by atoms with Crippen molar-refractivity contribution in [1.82, 2.24) is 0 Å². The summed E-state index contributed by atoms with van der Waals surface area (Å²) in [7, 11) is 0. The fraction of sp³-hybridized carbons (Fsp3) is 0.172. The molecule has 0 N–H and O–H groups in total. The highest BCUT2D eigenvalue weighted by Crippen LogP contribution is 2.33. The highest BCUT2D eigenvalue weighted by atomic mass is 19.4. The van der Waals surface area contributed by atoms with Gasteiger partial charge in [0.1, 0.15) is 29.8 Å². The predicted octanol–water partition coefficient (Wildman–Crippen LogP) is 8.35. The van der Waals surface area contributed by atoms with Crippen molar-refractivity contribution in [3.05, 3.63) is 108 Å². The predicted molar refractivity (Wildman–Crippen MR) is 130 cm³/mol. The summed E-state index contributed by atoms with van der Waals surface area (Å²) < 4.78 is 105. The lowest BCUT2D eigenvalue weighted by Gasteiger charge is -2.12. The molecule has 0 heterocycles. The van der Waals surface area contributed by atoms with Crippen LogP contribution in [0.5, 0.6) is 11.5 Å². The van der Waals surface area contributed by atoms with Gasteiger partial charge in [0.2, 0.25) is 0 Å². The summed E-state index contributed by atoms with van der Waals surface area (Å²) in [6, 6.07) is 13.1. The van der Waals surface area contributed by atoms with E-state index in [9.17, 15) is 26.3 Å². The molecule has 0 atom stereocenters. The van der Waals surface area contributed by atoms with Gasteiger partial charge in [0.15, 0.2) is 18.2 Å². The summed E-state index contributed by atoms with van der Waals surface area (Å²) in [6.45, 7) is 1.96. The van der Waals surface area contributed by atoms with Crippen LogP contribution in [0.1, 0.15) is 11.1 Å². The molecule has 0 spiro atoms. The van der Waals surface area contributed by atoms with Crippen LogP contribution in [0.4, 0.5) is 30.7 Å². The van der Waals surface area contributed by atoms with E-state index in [-0.39, 0.29) is 41.7 Å². The van der Waals surface area contributed by atoms with Crippen molar-refractivity contribution in [2.75, 3.05) is 13.2 Å². The van der Waals surface area contributed by atoms with Crippen molar-refractivity contribution < 1.29 is 40.2 Å². The number of halogens is 7. The van der Waals surface area contributed by atoms with Crippen LogP contribution in [0, 0.1) is 23.3 Å². The molecule has 0 aliphatic carbocycles. The third-order valence-electron chi connectivity index (χ3n) is 5.78. The van der Waals surface area contributed by atoms with Gasteiger partial charge in [-0.25, -0.2) is 17.6 Å². The Morgan fingerprint density at radius 1 is 0.763 bits per heavy atom. The van der Waals surface area contributed by atoms with E-state index in [1.807, 2.05) is 0 Å². The van der Waals surface area contributed by atoms with Gasteiger partial charge in [-0.3, -0.25) is 0 Å². The molecule has 4 aromatic rings. The Morgan fingerprint density at radius 3 is 2.16 bits per heavy atom. The van der Waals surface area contributed by atoms with E-state index in [0.717, 1.165) is 24.3 Å². The van der Waals surface area contributed by atoms with Gasteiger partial charge in [0.25, 0.3) is 0 Å². The SMILES string of the molecule is C=CCOc1cc(F)c(-c2ccc3c(F)c(CCc4ccc(OCC(F)(F)F)c(F)c4)ccc3c2)c(F)c1. The number of aryl methyl sites for hydroxylation is 2. The minimum absolute atomic E-state index is 0.0171. The van der Waals surface area contributed by atoms with E-state index in [0.29, 0.717) is 16.5 Å². The van der Waals surface area contributed by atoms with Crippen LogP contribution < -0.4 is 9.47 Å². The Kier molecular flexibility index (Phi) is 7.94. The van der Waals surface area contributed by atoms with E-state index in [1.54, 1.807) is 6.07 Å². The van der Waals surface area contributed by atoms with Gasteiger partial charge < -0.3 is 9.47 Å². The second-order valence-corrected chi connectivity index (χ2v) is 8.50. The molecular weight excluding hydrogens is 513 g/mol. The van der Waals surface area contributed by atoms with Gasteiger partial charge >= 0.3 is 6.18 Å². The van der Waals surface area contributed by atoms with Crippen molar-refractivity contribution in [1.29, 1.82) is 0 Å². The number of fused-ring (bicyclic) bond motifs is 1. The van der Waals surface area contributed by atoms with Crippen LogP contribution in [-0.2, 0) is 12.8 Å². The van der Waals surface area contributed by atoms with E-state index in [1.165, 1.54) is 36.4 Å². The van der Waals surface area contributed by atoms with Gasteiger partial charge in [-0.2, -0.15) is 13.2 Å². The largest absolute Gasteiger partial charge is 0.489 e. The standard InChI is InChI=1S/C29H21F7O2/c1-2-11-37-21-14-24(31)27(25(32)15-21)20-8-9-22-19(13-20)7-6-18(28(22)33)5-3-17-4-10-26(23(30)12-17)38-16-29(34,35)36/h2,4,6-10,12-15H,1,3,5,11,16H2. The lowest BCUT2D eigenvalue weighted by atomic mass is 9.96. The van der Waals surface area contributed by atoms with Crippen LogP contribution >= 0.6 is 0 Å². The fourth-order valence-corrected chi connectivity index (χ4v) is 4.01. The molecule has 0 radical (unpaired) electrons. The van der Waals surface area contributed by atoms with Crippen molar-refractivity contribution in [2.45, 2.75) is 19.0 Å². The maximum atomic E-state index is 15.2. The molecule has 0 saturated carbocycles. The molecule has 0 saturated heterocycles. The van der Waals surface area contributed by atoms with Gasteiger partial charge in [-0.15, -0.1) is 0 Å². The van der Waals surface area contributed by atoms with Crippen LogP contribution in [0.15, 0.2) is 73.3 Å². The average Bonchev–Trinajstić information content (AvgIpc) is 2.85. The van der Waals surface area contributed by atoms with Crippen molar-refractivity contribution in [3.8, 4) is 22.6 Å². The average molecular weight is 534 g/mol. The smallest absolute Gasteiger partial charge is 0.422 e. The first-order valence-corrected chi connectivity index (χ1v) is 11.5. The third-order valence-corrected chi connectivity index (χ3v) is 5.78. The van der Waals surface area contributed by atoms with Crippen molar-refractivity contribution >= 4 is 10.8 Å². The zero-order chi connectivity index (χ0) is 27.4. The lowest BCUT2D eigenvalue weighted by molar-refractivity contribution is -0.153. The number of ether oxygens (including phenoxy) is 2. The summed E-state index contributed by atoms with van der Waals surface area (Å²) in [4.78, 5) is 0. The van der Waals surface area contributed by atoms with Gasteiger partial charge in [0, 0.05) is 17.5 Å². The van der Waals surface area contributed by atoms with Gasteiger partial charge in [0.05, 0.1) is 5.56 Å². The van der Waals surface area contributed by atoms with Crippen molar-refractivity contribution in [2.24, 2.45) is 0 Å². The maximum Gasteiger partial charge on any atom is 0.422 e. The molecule has 0 amide bonds. The molecule has 38 heavy (non-hydrogen) atoms. The molecule has 2 nitrogen and oxygen atoms in total. The Balaban J connectivity index is 1.52. The van der Waals surface area contributed by atoms with Crippen molar-refractivity contribution in [3.63, 3.8) is 0 Å². The topological polar surface area (TPSA) is 18.5 Å². The van der Waals surface area contributed by atoms with Crippen LogP contribution in [0.2, 0.25) is 0 Å². The number of hydrogen-bond acceptors (Lipinski definition) is 2. The summed E-state index contributed by atoms with van der Waals surface area (Å²) in [5.41, 5.74) is 0.720. The number of rotatable bonds is 9. The first kappa shape index (κ1) is 27.0. The van der Waals surface area contributed by atoms with Crippen LogP contribution in [0.25, 0.3) is 21.9 Å². The Bertz CT molecular complexity index is 1460. The van der Waals surface area contributed by atoms with Gasteiger partial charge in [-0.05, 0) is 53.1 Å². The minimum atomic E-state index is -4.59. The van der Waals surface area contributed by atoms with E-state index in [2.05, 4.69) is 11.3 Å². The molecule has 0 fully saturated rings. The maximum absolute atomic E-state index is 15.2. The summed E-state index contributed by atoms with van der Waals surface area (Å²) in [5, 5.41) is 0.659. The zero-order valence-corrected chi connectivity index (χ0v) is 19.8. The Labute approximate surface area is 213 Å². The molecule has 198 valence electrons. The molecule has 0 aliphatic rings. The molecule has 4 aromatic carbocycles. The van der Waals surface area contributed by atoms with E-state index < -0.39 is 41.8 Å². The highest BCUT2D eigenvalue weighted by Gasteiger charge is 2.29. The molecule has 9 heteroatoms. The minimum Gasteiger partial charge on any atom is -0.489 e. The zero-order valence-electron chi connectivity index (χ0n) is 19.8. The van der Waals surface area contributed by atoms with E-state index >= 15 is 4.39 Å².